The maximum atomic E-state index is 12.6. The van der Waals surface area contributed by atoms with E-state index in [4.69, 9.17) is 9.15 Å². The van der Waals surface area contributed by atoms with Gasteiger partial charge in [-0.15, -0.1) is 11.3 Å². The molecule has 0 saturated carbocycles. The molecular weight excluding hydrogens is 394 g/mol. The third-order valence-corrected chi connectivity index (χ3v) is 5.81. The number of methoxy groups -OCH3 is 1. The van der Waals surface area contributed by atoms with Crippen molar-refractivity contribution in [1.82, 2.24) is 14.9 Å². The van der Waals surface area contributed by atoms with E-state index >= 15 is 0 Å². The monoisotopic (exact) mass is 419 g/mol. The fraction of sp³-hybridized carbons (Fsp3) is 0.450. The van der Waals surface area contributed by atoms with Crippen molar-refractivity contribution >= 4 is 27.5 Å². The van der Waals surface area contributed by atoms with E-state index in [1.165, 1.54) is 7.11 Å². The minimum Gasteiger partial charge on any atom is -0.468 e. The van der Waals surface area contributed by atoms with Crippen LogP contribution in [0.15, 0.2) is 27.6 Å². The van der Waals surface area contributed by atoms with Gasteiger partial charge in [-0.2, -0.15) is 0 Å². The molecule has 3 aromatic heterocycles. The number of furan rings is 1. The van der Waals surface area contributed by atoms with Crippen LogP contribution in [0.4, 0.5) is 0 Å². The molecule has 8 nitrogen and oxygen atoms in total. The van der Waals surface area contributed by atoms with Crippen molar-refractivity contribution in [3.05, 3.63) is 50.8 Å². The number of aliphatic hydroxyl groups is 1. The first-order valence-corrected chi connectivity index (χ1v) is 10.3. The van der Waals surface area contributed by atoms with E-state index in [1.807, 2.05) is 24.0 Å². The second kappa shape index (κ2) is 9.34. The van der Waals surface area contributed by atoms with Gasteiger partial charge in [0, 0.05) is 6.54 Å². The predicted octanol–water partition coefficient (Wildman–Crippen LogP) is 2.84. The minimum atomic E-state index is -0.486. The maximum Gasteiger partial charge on any atom is 0.348 e. The zero-order valence-electron chi connectivity index (χ0n) is 16.7. The zero-order valence-corrected chi connectivity index (χ0v) is 17.5. The van der Waals surface area contributed by atoms with Gasteiger partial charge in [-0.3, -0.25) is 9.69 Å². The molecular formula is C20H25N3O5S. The van der Waals surface area contributed by atoms with E-state index in [2.05, 4.69) is 9.97 Å². The Kier molecular flexibility index (Phi) is 6.83. The second-order valence-corrected chi connectivity index (χ2v) is 7.93. The van der Waals surface area contributed by atoms with Crippen molar-refractivity contribution < 1.29 is 19.1 Å². The van der Waals surface area contributed by atoms with Gasteiger partial charge in [-0.25, -0.2) is 9.78 Å². The molecule has 0 aromatic carbocycles. The van der Waals surface area contributed by atoms with Crippen LogP contribution in [0.25, 0.3) is 10.2 Å². The molecule has 3 heterocycles. The van der Waals surface area contributed by atoms with Gasteiger partial charge in [0.2, 0.25) is 0 Å². The van der Waals surface area contributed by atoms with Gasteiger partial charge in [0.05, 0.1) is 38.0 Å². The third kappa shape index (κ3) is 4.92. The minimum absolute atomic E-state index is 0.291. The predicted molar refractivity (Wildman–Crippen MR) is 110 cm³/mol. The Bertz CT molecular complexity index is 1020. The van der Waals surface area contributed by atoms with Crippen LogP contribution in [0, 0.1) is 6.92 Å². The Morgan fingerprint density at radius 3 is 2.90 bits per heavy atom. The number of rotatable bonds is 9. The van der Waals surface area contributed by atoms with E-state index in [1.54, 1.807) is 13.2 Å². The van der Waals surface area contributed by atoms with Gasteiger partial charge in [0.25, 0.3) is 5.56 Å². The molecule has 0 saturated heterocycles. The molecule has 156 valence electrons. The molecule has 0 spiro atoms. The zero-order chi connectivity index (χ0) is 21.0. The Hall–Kier alpha value is -2.49. The van der Waals surface area contributed by atoms with Crippen molar-refractivity contribution in [2.24, 2.45) is 0 Å². The summed E-state index contributed by atoms with van der Waals surface area (Å²) in [5.74, 6) is 0.751. The van der Waals surface area contributed by atoms with Gasteiger partial charge in [-0.05, 0) is 31.0 Å². The largest absolute Gasteiger partial charge is 0.468 e. The summed E-state index contributed by atoms with van der Waals surface area (Å²) in [6.07, 6.45) is 2.68. The second-order valence-electron chi connectivity index (χ2n) is 6.93. The van der Waals surface area contributed by atoms with Gasteiger partial charge in [-0.1, -0.05) is 13.3 Å². The average Bonchev–Trinajstić information content (AvgIpc) is 3.29. The fourth-order valence-corrected chi connectivity index (χ4v) is 4.41. The Labute approximate surface area is 172 Å². The van der Waals surface area contributed by atoms with Crippen LogP contribution in [-0.2, 0) is 17.8 Å². The van der Waals surface area contributed by atoms with E-state index in [9.17, 15) is 14.7 Å². The molecule has 9 heteroatoms. The molecule has 0 radical (unpaired) electrons. The van der Waals surface area contributed by atoms with E-state index in [0.29, 0.717) is 52.5 Å². The highest BCUT2D eigenvalue weighted by atomic mass is 32.1. The van der Waals surface area contributed by atoms with Crippen LogP contribution in [0.5, 0.6) is 0 Å². The third-order valence-electron chi connectivity index (χ3n) is 4.64. The van der Waals surface area contributed by atoms with Crippen LogP contribution in [0.1, 0.15) is 46.6 Å². The Balaban J connectivity index is 1.90. The first-order chi connectivity index (χ1) is 13.9. The highest BCUT2D eigenvalue weighted by Crippen LogP contribution is 2.27. The topological polar surface area (TPSA) is 109 Å². The van der Waals surface area contributed by atoms with Gasteiger partial charge in [0.1, 0.15) is 21.3 Å². The number of nitrogens with zero attached hydrogens (tertiary/aromatic N) is 2. The number of hydrogen-bond donors (Lipinski definition) is 2. The highest BCUT2D eigenvalue weighted by Gasteiger charge is 2.21. The molecule has 3 aromatic rings. The number of thiophene rings is 1. The first-order valence-electron chi connectivity index (χ1n) is 9.46. The molecule has 0 bridgehead atoms. The molecule has 0 fully saturated rings. The number of aromatic amines is 1. The molecule has 0 amide bonds. The van der Waals surface area contributed by atoms with Gasteiger partial charge >= 0.3 is 5.97 Å². The normalized spacial score (nSPS) is 12.6. The summed E-state index contributed by atoms with van der Waals surface area (Å²) in [5.41, 5.74) is 0.281. The summed E-state index contributed by atoms with van der Waals surface area (Å²) < 4.78 is 10.2. The highest BCUT2D eigenvalue weighted by molar-refractivity contribution is 7.20. The summed E-state index contributed by atoms with van der Waals surface area (Å²) in [5, 5.41) is 10.7. The number of aromatic nitrogens is 2. The van der Waals surface area contributed by atoms with Crippen LogP contribution in [0.3, 0.4) is 0 Å². The van der Waals surface area contributed by atoms with E-state index in [0.717, 1.165) is 23.5 Å². The number of carbonyl (C=O) groups is 1. The Morgan fingerprint density at radius 1 is 1.45 bits per heavy atom. The summed E-state index contributed by atoms with van der Waals surface area (Å²) in [6, 6.07) is 3.68. The van der Waals surface area contributed by atoms with Crippen molar-refractivity contribution in [2.45, 2.75) is 45.9 Å². The van der Waals surface area contributed by atoms with Crippen molar-refractivity contribution in [3.8, 4) is 0 Å². The van der Waals surface area contributed by atoms with Crippen LogP contribution >= 0.6 is 11.3 Å². The lowest BCUT2D eigenvalue weighted by atomic mass is 10.2. The van der Waals surface area contributed by atoms with Crippen LogP contribution in [-0.4, -0.2) is 45.7 Å². The number of aryl methyl sites for hydroxylation is 1. The number of hydrogen-bond acceptors (Lipinski definition) is 8. The molecule has 0 aliphatic carbocycles. The number of ether oxygens (including phenoxy) is 1. The quantitative estimate of drug-likeness (QED) is 0.513. The molecule has 2 N–H and O–H groups in total. The molecule has 3 rings (SSSR count). The van der Waals surface area contributed by atoms with Gasteiger partial charge < -0.3 is 19.2 Å². The number of aliphatic hydroxyl groups excluding tert-OH is 1. The lowest BCUT2D eigenvalue weighted by Crippen LogP contribution is -2.32. The summed E-state index contributed by atoms with van der Waals surface area (Å²) in [6.45, 7) is 4.97. The van der Waals surface area contributed by atoms with E-state index in [-0.39, 0.29) is 5.56 Å². The van der Waals surface area contributed by atoms with Crippen molar-refractivity contribution in [2.75, 3.05) is 13.7 Å². The number of fused-ring (bicyclic) bond motifs is 1. The lowest BCUT2D eigenvalue weighted by molar-refractivity contribution is 0.0605. The lowest BCUT2D eigenvalue weighted by Gasteiger charge is -2.23. The summed E-state index contributed by atoms with van der Waals surface area (Å²) in [4.78, 5) is 34.8. The number of H-pyrrole nitrogens is 1. The smallest absolute Gasteiger partial charge is 0.348 e. The molecule has 1 unspecified atom stereocenters. The summed E-state index contributed by atoms with van der Waals surface area (Å²) >= 11 is 1.15. The fourth-order valence-electron chi connectivity index (χ4n) is 3.29. The maximum absolute atomic E-state index is 12.6. The molecule has 1 atom stereocenters. The van der Waals surface area contributed by atoms with Crippen LogP contribution in [0.2, 0.25) is 0 Å². The number of carbonyl (C=O) groups excluding carboxylic acids is 1. The Morgan fingerprint density at radius 2 is 2.24 bits per heavy atom. The average molecular weight is 420 g/mol. The van der Waals surface area contributed by atoms with Crippen molar-refractivity contribution in [3.63, 3.8) is 0 Å². The molecule has 0 aliphatic heterocycles. The van der Waals surface area contributed by atoms with E-state index < -0.39 is 12.1 Å². The standard InChI is InChI=1S/C20H25N3O5S/c1-4-6-13(24)9-23(10-14-7-5-8-28-14)11-15-21-18(25)16-12(2)17(20(26)27-3)29-19(16)22-15/h5,7-8,13,24H,4,6,9-11H2,1-3H3,(H,21,22,25). The SMILES string of the molecule is CCCC(O)CN(Cc1nc2sc(C(=O)OC)c(C)c2c(=O)[nH]1)Cc1ccco1. The molecule has 0 aliphatic rings. The van der Waals surface area contributed by atoms with Crippen LogP contribution < -0.4 is 5.56 Å². The summed E-state index contributed by atoms with van der Waals surface area (Å²) in [7, 11) is 1.31. The molecule has 29 heavy (non-hydrogen) atoms. The van der Waals surface area contributed by atoms with Crippen molar-refractivity contribution in [1.29, 1.82) is 0 Å². The number of nitrogens with one attached hydrogen (secondary N) is 1. The van der Waals surface area contributed by atoms with Gasteiger partial charge in [0.15, 0.2) is 0 Å². The number of esters is 1. The first kappa shape index (κ1) is 21.2.